The molecule has 1 N–H and O–H groups in total. The van der Waals surface area contributed by atoms with E-state index in [9.17, 15) is 8.78 Å². The van der Waals surface area contributed by atoms with Gasteiger partial charge in [-0.1, -0.05) is 6.07 Å². The van der Waals surface area contributed by atoms with Gasteiger partial charge in [0, 0.05) is 24.7 Å². The topological polar surface area (TPSA) is 24.5 Å². The van der Waals surface area contributed by atoms with Gasteiger partial charge in [0.25, 0.3) is 0 Å². The fourth-order valence-corrected chi connectivity index (χ4v) is 2.42. The Morgan fingerprint density at radius 3 is 2.68 bits per heavy atom. The molecule has 2 rings (SSSR count). The minimum absolute atomic E-state index is 0.0530. The summed E-state index contributed by atoms with van der Waals surface area (Å²) < 4.78 is 33.0. The summed E-state index contributed by atoms with van der Waals surface area (Å²) in [6.45, 7) is 2.31. The Bertz CT molecular complexity index is 408. The number of ether oxygens (including phenoxy) is 1. The Morgan fingerprint density at radius 1 is 1.42 bits per heavy atom. The molecule has 19 heavy (non-hydrogen) atoms. The van der Waals surface area contributed by atoms with Gasteiger partial charge in [0.2, 0.25) is 0 Å². The van der Waals surface area contributed by atoms with E-state index < -0.39 is 11.6 Å². The van der Waals surface area contributed by atoms with Gasteiger partial charge in [-0.3, -0.25) is 0 Å². The van der Waals surface area contributed by atoms with Crippen molar-refractivity contribution < 1.29 is 13.5 Å². The van der Waals surface area contributed by atoms with Crippen LogP contribution in [0.25, 0.3) is 0 Å². The molecule has 1 saturated heterocycles. The van der Waals surface area contributed by atoms with Crippen LogP contribution in [0.3, 0.4) is 0 Å². The highest BCUT2D eigenvalue weighted by Crippen LogP contribution is 2.17. The van der Waals surface area contributed by atoms with Crippen molar-refractivity contribution in [1.82, 2.24) is 10.2 Å². The van der Waals surface area contributed by atoms with E-state index in [4.69, 9.17) is 4.74 Å². The third-order valence-electron chi connectivity index (χ3n) is 3.60. The quantitative estimate of drug-likeness (QED) is 0.895. The summed E-state index contributed by atoms with van der Waals surface area (Å²) in [5.74, 6) is -0.992. The lowest BCUT2D eigenvalue weighted by Gasteiger charge is -2.35. The molecule has 0 aromatic heterocycles. The van der Waals surface area contributed by atoms with E-state index >= 15 is 0 Å². The van der Waals surface area contributed by atoms with Crippen molar-refractivity contribution in [2.75, 3.05) is 33.8 Å². The molecule has 0 amide bonds. The zero-order valence-corrected chi connectivity index (χ0v) is 11.3. The Morgan fingerprint density at radius 2 is 2.11 bits per heavy atom. The van der Waals surface area contributed by atoms with Crippen molar-refractivity contribution in [2.45, 2.75) is 18.6 Å². The lowest BCUT2D eigenvalue weighted by Crippen LogP contribution is -2.51. The smallest absolute Gasteiger partial charge is 0.129 e. The molecule has 106 valence electrons. The summed E-state index contributed by atoms with van der Waals surface area (Å²) in [5.41, 5.74) is 0.124. The summed E-state index contributed by atoms with van der Waals surface area (Å²) in [5, 5.41) is 3.11. The molecular weight excluding hydrogens is 250 g/mol. The van der Waals surface area contributed by atoms with Crippen LogP contribution in [0, 0.1) is 11.6 Å². The van der Waals surface area contributed by atoms with E-state index in [1.54, 1.807) is 7.05 Å². The van der Waals surface area contributed by atoms with Crippen LogP contribution in [0.15, 0.2) is 18.2 Å². The van der Waals surface area contributed by atoms with Crippen molar-refractivity contribution in [3.63, 3.8) is 0 Å². The van der Waals surface area contributed by atoms with E-state index in [-0.39, 0.29) is 24.1 Å². The molecule has 2 atom stereocenters. The molecule has 2 unspecified atom stereocenters. The third kappa shape index (κ3) is 3.49. The highest BCUT2D eigenvalue weighted by atomic mass is 19.1. The summed E-state index contributed by atoms with van der Waals surface area (Å²) in [4.78, 5) is 2.16. The molecule has 1 aromatic rings. The first-order valence-electron chi connectivity index (χ1n) is 6.52. The lowest BCUT2D eigenvalue weighted by atomic mass is 9.99. The second-order valence-electron chi connectivity index (χ2n) is 4.97. The van der Waals surface area contributed by atoms with Gasteiger partial charge in [-0.25, -0.2) is 8.78 Å². The van der Waals surface area contributed by atoms with Gasteiger partial charge < -0.3 is 15.0 Å². The molecule has 3 nitrogen and oxygen atoms in total. The zero-order chi connectivity index (χ0) is 13.8. The van der Waals surface area contributed by atoms with Crippen LogP contribution in [0.2, 0.25) is 0 Å². The standard InChI is InChI=1S/C14H20F2N2O/c1-17-13(14-9-18(2)6-7-19-14)8-10-11(15)4-3-5-12(10)16/h3-5,13-14,17H,6-9H2,1-2H3. The van der Waals surface area contributed by atoms with Gasteiger partial charge in [0.1, 0.15) is 11.6 Å². The van der Waals surface area contributed by atoms with Crippen LogP contribution in [0.4, 0.5) is 8.78 Å². The van der Waals surface area contributed by atoms with E-state index in [2.05, 4.69) is 10.2 Å². The van der Waals surface area contributed by atoms with Gasteiger partial charge in [-0.15, -0.1) is 0 Å². The second kappa shape index (κ2) is 6.41. The number of nitrogens with zero attached hydrogens (tertiary/aromatic N) is 1. The van der Waals surface area contributed by atoms with Gasteiger partial charge in [-0.05, 0) is 32.6 Å². The number of rotatable bonds is 4. The number of benzene rings is 1. The van der Waals surface area contributed by atoms with Gasteiger partial charge in [-0.2, -0.15) is 0 Å². The van der Waals surface area contributed by atoms with Crippen molar-refractivity contribution in [3.8, 4) is 0 Å². The van der Waals surface area contributed by atoms with Crippen molar-refractivity contribution in [3.05, 3.63) is 35.4 Å². The summed E-state index contributed by atoms with van der Waals surface area (Å²) in [6, 6.07) is 3.86. The molecule has 1 aliphatic heterocycles. The summed E-state index contributed by atoms with van der Waals surface area (Å²) in [7, 11) is 3.81. The van der Waals surface area contributed by atoms with Crippen LogP contribution >= 0.6 is 0 Å². The summed E-state index contributed by atoms with van der Waals surface area (Å²) in [6.07, 6.45) is 0.232. The van der Waals surface area contributed by atoms with Gasteiger partial charge in [0.05, 0.1) is 12.7 Å². The Balaban J connectivity index is 2.10. The SMILES string of the molecule is CNC(Cc1c(F)cccc1F)C1CN(C)CCO1. The molecule has 1 fully saturated rings. The fraction of sp³-hybridized carbons (Fsp3) is 0.571. The molecule has 0 radical (unpaired) electrons. The molecule has 0 saturated carbocycles. The van der Waals surface area contributed by atoms with Crippen LogP contribution in [0.1, 0.15) is 5.56 Å². The number of hydrogen-bond donors (Lipinski definition) is 1. The molecule has 0 aliphatic carbocycles. The van der Waals surface area contributed by atoms with E-state index in [0.717, 1.165) is 13.1 Å². The second-order valence-corrected chi connectivity index (χ2v) is 4.97. The van der Waals surface area contributed by atoms with Crippen molar-refractivity contribution in [1.29, 1.82) is 0 Å². The van der Waals surface area contributed by atoms with E-state index in [1.165, 1.54) is 18.2 Å². The first-order valence-corrected chi connectivity index (χ1v) is 6.52. The van der Waals surface area contributed by atoms with Crippen LogP contribution < -0.4 is 5.32 Å². The molecule has 5 heteroatoms. The predicted octanol–water partition coefficient (Wildman–Crippen LogP) is 1.43. The van der Waals surface area contributed by atoms with Gasteiger partial charge >= 0.3 is 0 Å². The predicted molar refractivity (Wildman–Crippen MR) is 70.1 cm³/mol. The minimum atomic E-state index is -0.496. The fourth-order valence-electron chi connectivity index (χ4n) is 2.42. The van der Waals surface area contributed by atoms with Crippen LogP contribution in [-0.2, 0) is 11.2 Å². The lowest BCUT2D eigenvalue weighted by molar-refractivity contribution is -0.0374. The average Bonchev–Trinajstić information content (AvgIpc) is 2.38. The molecule has 1 aliphatic rings. The van der Waals surface area contributed by atoms with Crippen molar-refractivity contribution in [2.24, 2.45) is 0 Å². The highest BCUT2D eigenvalue weighted by molar-refractivity contribution is 5.21. The van der Waals surface area contributed by atoms with Crippen LogP contribution in [0.5, 0.6) is 0 Å². The number of halogens is 2. The van der Waals surface area contributed by atoms with Crippen molar-refractivity contribution >= 4 is 0 Å². The third-order valence-corrected chi connectivity index (χ3v) is 3.60. The maximum absolute atomic E-state index is 13.7. The zero-order valence-electron chi connectivity index (χ0n) is 11.3. The number of likely N-dealkylation sites (N-methyl/N-ethyl adjacent to an activating group) is 2. The van der Waals surface area contributed by atoms with Crippen LogP contribution in [-0.4, -0.2) is 50.8 Å². The maximum Gasteiger partial charge on any atom is 0.129 e. The Hall–Kier alpha value is -1.04. The number of hydrogen-bond acceptors (Lipinski definition) is 3. The first kappa shape index (κ1) is 14.4. The van der Waals surface area contributed by atoms with E-state index in [1.807, 2.05) is 7.05 Å². The normalized spacial score (nSPS) is 22.4. The molecule has 0 bridgehead atoms. The minimum Gasteiger partial charge on any atom is -0.374 e. The largest absolute Gasteiger partial charge is 0.374 e. The molecule has 1 aromatic carbocycles. The maximum atomic E-state index is 13.7. The number of nitrogens with one attached hydrogen (secondary N) is 1. The molecule has 0 spiro atoms. The molecular formula is C14H20F2N2O. The Kier molecular flexibility index (Phi) is 4.85. The summed E-state index contributed by atoms with van der Waals surface area (Å²) >= 11 is 0. The highest BCUT2D eigenvalue weighted by Gasteiger charge is 2.27. The number of morpholine rings is 1. The van der Waals surface area contributed by atoms with E-state index in [0.29, 0.717) is 6.61 Å². The average molecular weight is 270 g/mol. The van der Waals surface area contributed by atoms with Gasteiger partial charge in [0.15, 0.2) is 0 Å². The first-order chi connectivity index (χ1) is 9.11. The monoisotopic (exact) mass is 270 g/mol. The Labute approximate surface area is 112 Å². The molecule has 1 heterocycles.